The molecule has 5 nitrogen and oxygen atoms in total. The van der Waals surface area contributed by atoms with Crippen molar-refractivity contribution in [3.8, 4) is 0 Å². The van der Waals surface area contributed by atoms with Gasteiger partial charge in [-0.3, -0.25) is 9.78 Å². The van der Waals surface area contributed by atoms with E-state index in [0.717, 1.165) is 25.2 Å². The van der Waals surface area contributed by atoms with E-state index in [0.29, 0.717) is 5.56 Å². The molecule has 0 aliphatic carbocycles. The predicted molar refractivity (Wildman–Crippen MR) is 83.1 cm³/mol. The molecule has 5 heteroatoms. The van der Waals surface area contributed by atoms with Gasteiger partial charge in [0, 0.05) is 24.5 Å². The van der Waals surface area contributed by atoms with Crippen molar-refractivity contribution in [2.24, 2.45) is 0 Å². The number of carbonyl (C=O) groups is 1. The lowest BCUT2D eigenvalue weighted by Gasteiger charge is -2.20. The Morgan fingerprint density at radius 1 is 1.30 bits per heavy atom. The quantitative estimate of drug-likeness (QED) is 0.781. The van der Waals surface area contributed by atoms with Gasteiger partial charge in [0.25, 0.3) is 5.91 Å². The van der Waals surface area contributed by atoms with Gasteiger partial charge in [0.05, 0.1) is 11.3 Å². The van der Waals surface area contributed by atoms with Gasteiger partial charge in [0.1, 0.15) is 0 Å². The Bertz CT molecular complexity index is 438. The van der Waals surface area contributed by atoms with Crippen LogP contribution < -0.4 is 10.6 Å². The number of amides is 1. The third-order valence-corrected chi connectivity index (χ3v) is 2.60. The van der Waals surface area contributed by atoms with E-state index in [4.69, 9.17) is 0 Å². The van der Waals surface area contributed by atoms with Crippen LogP contribution in [0.4, 0.5) is 5.69 Å². The number of aromatic nitrogens is 1. The van der Waals surface area contributed by atoms with E-state index in [9.17, 15) is 4.79 Å². The number of pyridine rings is 1. The van der Waals surface area contributed by atoms with Crippen molar-refractivity contribution in [3.05, 3.63) is 24.0 Å². The lowest BCUT2D eigenvalue weighted by Crippen LogP contribution is -2.40. The van der Waals surface area contributed by atoms with Gasteiger partial charge in [0.2, 0.25) is 0 Å². The molecule has 1 aromatic rings. The van der Waals surface area contributed by atoms with Crippen LogP contribution in [0, 0.1) is 0 Å². The fraction of sp³-hybridized carbons (Fsp3) is 0.600. The van der Waals surface area contributed by atoms with Gasteiger partial charge >= 0.3 is 0 Å². The van der Waals surface area contributed by atoms with Crippen LogP contribution in [0.15, 0.2) is 18.5 Å². The number of hydrogen-bond acceptors (Lipinski definition) is 4. The predicted octanol–water partition coefficient (Wildman–Crippen LogP) is 1.97. The van der Waals surface area contributed by atoms with Crippen molar-refractivity contribution in [2.45, 2.75) is 32.7 Å². The van der Waals surface area contributed by atoms with Gasteiger partial charge in [0.15, 0.2) is 0 Å². The maximum Gasteiger partial charge on any atom is 0.253 e. The van der Waals surface area contributed by atoms with Crippen LogP contribution in [0.1, 0.15) is 37.6 Å². The number of carbonyl (C=O) groups excluding carboxylic acids is 1. The molecule has 0 atom stereocenters. The van der Waals surface area contributed by atoms with Crippen LogP contribution in [0.2, 0.25) is 0 Å². The summed E-state index contributed by atoms with van der Waals surface area (Å²) in [6.07, 6.45) is 4.38. The zero-order chi connectivity index (χ0) is 15.2. The van der Waals surface area contributed by atoms with Crippen LogP contribution in [0.5, 0.6) is 0 Å². The fourth-order valence-electron chi connectivity index (χ4n) is 1.70. The summed E-state index contributed by atoms with van der Waals surface area (Å²) in [6.45, 7) is 7.78. The summed E-state index contributed by atoms with van der Waals surface area (Å²) < 4.78 is 0. The van der Waals surface area contributed by atoms with Gasteiger partial charge < -0.3 is 15.5 Å². The summed E-state index contributed by atoms with van der Waals surface area (Å²) in [5.41, 5.74) is 1.22. The molecule has 0 aliphatic rings. The summed E-state index contributed by atoms with van der Waals surface area (Å²) in [4.78, 5) is 18.3. The molecule has 112 valence electrons. The van der Waals surface area contributed by atoms with E-state index in [1.54, 1.807) is 12.4 Å². The summed E-state index contributed by atoms with van der Waals surface area (Å²) >= 11 is 0. The third kappa shape index (κ3) is 6.52. The number of nitrogens with zero attached hydrogens (tertiary/aromatic N) is 2. The fourth-order valence-corrected chi connectivity index (χ4v) is 1.70. The molecule has 2 N–H and O–H groups in total. The molecule has 0 spiro atoms. The van der Waals surface area contributed by atoms with Crippen molar-refractivity contribution in [3.63, 3.8) is 0 Å². The van der Waals surface area contributed by atoms with E-state index in [2.05, 4.69) is 34.6 Å². The first kappa shape index (κ1) is 16.4. The van der Waals surface area contributed by atoms with Gasteiger partial charge in [-0.25, -0.2) is 0 Å². The summed E-state index contributed by atoms with van der Waals surface area (Å²) in [5.74, 6) is -0.0954. The molecule has 0 unspecified atom stereocenters. The van der Waals surface area contributed by atoms with Crippen molar-refractivity contribution in [1.29, 1.82) is 0 Å². The molecule has 1 amide bonds. The second-order valence-corrected chi connectivity index (χ2v) is 6.25. The molecule has 0 aromatic carbocycles. The molecule has 0 fully saturated rings. The Balaban J connectivity index is 2.55. The number of hydrogen-bond donors (Lipinski definition) is 2. The Morgan fingerprint density at radius 3 is 2.60 bits per heavy atom. The Kier molecular flexibility index (Phi) is 5.95. The van der Waals surface area contributed by atoms with Crippen molar-refractivity contribution >= 4 is 11.6 Å². The standard InChI is InChI=1S/C15H26N4O/c1-15(2,3)18-14(20)12-9-13(11-16-10-12)17-7-6-8-19(4)5/h9-11,17H,6-8H2,1-5H3,(H,18,20). The van der Waals surface area contributed by atoms with E-state index < -0.39 is 0 Å². The maximum atomic E-state index is 12.0. The smallest absolute Gasteiger partial charge is 0.253 e. The first-order valence-corrected chi connectivity index (χ1v) is 6.94. The highest BCUT2D eigenvalue weighted by Crippen LogP contribution is 2.10. The zero-order valence-corrected chi connectivity index (χ0v) is 13.2. The molecular formula is C15H26N4O. The van der Waals surface area contributed by atoms with E-state index >= 15 is 0 Å². The Hall–Kier alpha value is -1.62. The van der Waals surface area contributed by atoms with Crippen LogP contribution >= 0.6 is 0 Å². The molecule has 20 heavy (non-hydrogen) atoms. The lowest BCUT2D eigenvalue weighted by atomic mass is 10.1. The monoisotopic (exact) mass is 278 g/mol. The Labute approximate surface area is 121 Å². The topological polar surface area (TPSA) is 57.3 Å². The molecule has 1 heterocycles. The third-order valence-electron chi connectivity index (χ3n) is 2.60. The van der Waals surface area contributed by atoms with Crippen molar-refractivity contribution in [2.75, 3.05) is 32.5 Å². The minimum atomic E-state index is -0.244. The molecule has 0 bridgehead atoms. The molecule has 1 rings (SSSR count). The first-order chi connectivity index (χ1) is 9.28. The zero-order valence-electron chi connectivity index (χ0n) is 13.2. The second-order valence-electron chi connectivity index (χ2n) is 6.25. The molecule has 0 saturated heterocycles. The molecule has 0 radical (unpaired) electrons. The summed E-state index contributed by atoms with van der Waals surface area (Å²) in [7, 11) is 4.11. The normalized spacial score (nSPS) is 11.5. The van der Waals surface area contributed by atoms with Gasteiger partial charge in [-0.1, -0.05) is 0 Å². The minimum absolute atomic E-state index is 0.0954. The average Bonchev–Trinajstić information content (AvgIpc) is 2.33. The SMILES string of the molecule is CN(C)CCCNc1cncc(C(=O)NC(C)(C)C)c1. The van der Waals surface area contributed by atoms with Crippen LogP contribution in [-0.4, -0.2) is 48.5 Å². The number of rotatable bonds is 6. The Morgan fingerprint density at radius 2 is 2.00 bits per heavy atom. The minimum Gasteiger partial charge on any atom is -0.384 e. The van der Waals surface area contributed by atoms with Crippen LogP contribution in [-0.2, 0) is 0 Å². The molecule has 0 saturated carbocycles. The van der Waals surface area contributed by atoms with Gasteiger partial charge in [-0.2, -0.15) is 0 Å². The number of anilines is 1. The first-order valence-electron chi connectivity index (χ1n) is 6.94. The maximum absolute atomic E-state index is 12.0. The highest BCUT2D eigenvalue weighted by Gasteiger charge is 2.15. The van der Waals surface area contributed by atoms with E-state index in [-0.39, 0.29) is 11.4 Å². The average molecular weight is 278 g/mol. The van der Waals surface area contributed by atoms with Crippen molar-refractivity contribution in [1.82, 2.24) is 15.2 Å². The highest BCUT2D eigenvalue weighted by atomic mass is 16.1. The number of nitrogens with one attached hydrogen (secondary N) is 2. The second kappa shape index (κ2) is 7.24. The van der Waals surface area contributed by atoms with E-state index in [1.807, 2.05) is 26.8 Å². The van der Waals surface area contributed by atoms with Gasteiger partial charge in [-0.05, 0) is 53.9 Å². The lowest BCUT2D eigenvalue weighted by molar-refractivity contribution is 0.0919. The van der Waals surface area contributed by atoms with Crippen molar-refractivity contribution < 1.29 is 4.79 Å². The largest absolute Gasteiger partial charge is 0.384 e. The highest BCUT2D eigenvalue weighted by molar-refractivity contribution is 5.95. The summed E-state index contributed by atoms with van der Waals surface area (Å²) in [6, 6.07) is 1.84. The summed E-state index contributed by atoms with van der Waals surface area (Å²) in [5, 5.41) is 6.22. The molecular weight excluding hydrogens is 252 g/mol. The van der Waals surface area contributed by atoms with Crippen LogP contribution in [0.25, 0.3) is 0 Å². The van der Waals surface area contributed by atoms with Crippen LogP contribution in [0.3, 0.4) is 0 Å². The van der Waals surface area contributed by atoms with E-state index in [1.165, 1.54) is 0 Å². The van der Waals surface area contributed by atoms with Gasteiger partial charge in [-0.15, -0.1) is 0 Å². The molecule has 1 aromatic heterocycles. The molecule has 0 aliphatic heterocycles.